The number of aliphatic hydroxyl groups is 7. The van der Waals surface area contributed by atoms with Crippen LogP contribution in [0.4, 0.5) is 9.59 Å². The van der Waals surface area contributed by atoms with E-state index in [1.54, 1.807) is 23.3 Å². The van der Waals surface area contributed by atoms with E-state index in [4.69, 9.17) is 63.8 Å². The smallest absolute Gasteiger partial charge is 0.434 e. The van der Waals surface area contributed by atoms with E-state index in [9.17, 15) is 45.2 Å². The van der Waals surface area contributed by atoms with E-state index < -0.39 is 66.9 Å². The Morgan fingerprint density at radius 2 is 0.889 bits per heavy atom. The molecule has 3 fully saturated rings. The minimum atomic E-state index is -1.35. The number of aliphatic hydroxyl groups excluding tert-OH is 7. The Kier molecular flexibility index (Phi) is 37.2. The molecule has 4 aliphatic carbocycles. The summed E-state index contributed by atoms with van der Waals surface area (Å²) in [7, 11) is 1.00. The van der Waals surface area contributed by atoms with Gasteiger partial charge in [0.25, 0.3) is 0 Å². The van der Waals surface area contributed by atoms with Crippen LogP contribution in [-0.4, -0.2) is 219 Å². The van der Waals surface area contributed by atoms with E-state index in [2.05, 4.69) is 12.2 Å². The summed E-state index contributed by atoms with van der Waals surface area (Å²) in [5.74, 6) is 0.113. The Hall–Kier alpha value is -7.71. The highest BCUT2D eigenvalue weighted by Crippen LogP contribution is 2.30. The van der Waals surface area contributed by atoms with Crippen molar-refractivity contribution in [3.05, 3.63) is 240 Å². The first-order valence-corrected chi connectivity index (χ1v) is 32.8. The molecular weight excluding hydrogens is 1280 g/mol. The second kappa shape index (κ2) is 45.9. The second-order valence-electron chi connectivity index (χ2n) is 23.1. The van der Waals surface area contributed by atoms with Crippen molar-refractivity contribution in [2.75, 3.05) is 66.5 Å². The lowest BCUT2D eigenvalue weighted by atomic mass is 10.1. The number of benzene rings is 6. The minimum Gasteiger partial charge on any atom is -0.443 e. The first-order chi connectivity index (χ1) is 48.2. The molecular formula is C74H96N4O21. The number of hydroxylamine groups is 6. The van der Waals surface area contributed by atoms with E-state index in [-0.39, 0.29) is 70.1 Å². The molecule has 538 valence electrons. The number of carbonyl (C=O) groups excluding carboxylic acids is 3. The number of hydrogen-bond donors (Lipinski definition) is 10. The van der Waals surface area contributed by atoms with Gasteiger partial charge in [0.2, 0.25) is 0 Å². The molecule has 0 unspecified atom stereocenters. The van der Waals surface area contributed by atoms with Crippen LogP contribution in [-0.2, 0) is 75.8 Å². The molecule has 0 aromatic heterocycles. The topological polar surface area (TPSA) is 352 Å². The molecule has 11 rings (SSSR count). The molecule has 12 atom stereocenters. The van der Waals surface area contributed by atoms with Gasteiger partial charge in [-0.1, -0.05) is 206 Å². The molecule has 25 heteroatoms. The number of carbonyl (C=O) groups is 3. The molecule has 11 N–H and O–H groups in total. The van der Waals surface area contributed by atoms with Crippen molar-refractivity contribution in [2.45, 2.75) is 132 Å². The van der Waals surface area contributed by atoms with Crippen molar-refractivity contribution in [2.24, 2.45) is 5.73 Å². The number of nitrogens with two attached hydrogens (primary N) is 1. The summed E-state index contributed by atoms with van der Waals surface area (Å²) in [5, 5.41) is 85.8. The second-order valence-corrected chi connectivity index (χ2v) is 23.1. The van der Waals surface area contributed by atoms with E-state index in [1.807, 2.05) is 176 Å². The number of nitrogens with zero attached hydrogens (tertiary/aromatic N) is 3. The van der Waals surface area contributed by atoms with Crippen molar-refractivity contribution in [1.82, 2.24) is 15.2 Å². The summed E-state index contributed by atoms with van der Waals surface area (Å²) in [5.41, 5.74) is 11.2. The average molecular weight is 1380 g/mol. The van der Waals surface area contributed by atoms with Crippen molar-refractivity contribution in [3.8, 4) is 0 Å². The zero-order valence-electron chi connectivity index (χ0n) is 55.6. The normalized spacial score (nSPS) is 22.9. The van der Waals surface area contributed by atoms with Gasteiger partial charge in [0.15, 0.2) is 5.78 Å². The van der Waals surface area contributed by atoms with E-state index in [0.717, 1.165) is 46.9 Å². The average Bonchev–Trinajstić information content (AvgIpc) is 1.84. The third-order valence-corrected chi connectivity index (χ3v) is 15.9. The third kappa shape index (κ3) is 28.4. The van der Waals surface area contributed by atoms with Crippen LogP contribution in [0, 0.1) is 0 Å². The maximum Gasteiger partial charge on any atom is 0.434 e. The molecule has 1 aliphatic heterocycles. The van der Waals surface area contributed by atoms with Gasteiger partial charge in [0, 0.05) is 38.0 Å². The van der Waals surface area contributed by atoms with E-state index in [1.165, 1.54) is 0 Å². The summed E-state index contributed by atoms with van der Waals surface area (Å²) in [4.78, 5) is 41.6. The lowest BCUT2D eigenvalue weighted by Gasteiger charge is -2.24. The third-order valence-electron chi connectivity index (χ3n) is 15.9. The van der Waals surface area contributed by atoms with Crippen LogP contribution >= 0.6 is 0 Å². The number of Topliss-reactive ketones (excluding diaryl/α,β-unsaturated/α-hetero) is 1. The Morgan fingerprint density at radius 3 is 1.33 bits per heavy atom. The number of hydrogen-bond acceptors (Lipinski definition) is 23. The summed E-state index contributed by atoms with van der Waals surface area (Å²) in [6.07, 6.45) is 2.40. The molecule has 6 aromatic rings. The first kappa shape index (κ1) is 80.3. The van der Waals surface area contributed by atoms with Gasteiger partial charge < -0.3 is 79.4 Å². The molecule has 6 aromatic carbocycles. The quantitative estimate of drug-likeness (QED) is 0.00824. The van der Waals surface area contributed by atoms with Gasteiger partial charge in [0.05, 0.1) is 128 Å². The summed E-state index contributed by atoms with van der Waals surface area (Å²) in [6.45, 7) is 4.04. The summed E-state index contributed by atoms with van der Waals surface area (Å²) in [6, 6.07) is 55.6. The first-order valence-electron chi connectivity index (χ1n) is 32.8. The molecule has 2 bridgehead atoms. The molecule has 2 amide bonds. The minimum absolute atomic E-state index is 0.0131. The van der Waals surface area contributed by atoms with Crippen molar-refractivity contribution < 1.29 is 103 Å². The predicted octanol–water partition coefficient (Wildman–Crippen LogP) is 6.49. The van der Waals surface area contributed by atoms with E-state index in [0.29, 0.717) is 75.8 Å². The molecule has 5 aliphatic rings. The lowest BCUT2D eigenvalue weighted by molar-refractivity contribution is -0.142. The van der Waals surface area contributed by atoms with Crippen LogP contribution in [0.3, 0.4) is 0 Å². The van der Waals surface area contributed by atoms with Crippen LogP contribution in [0.1, 0.15) is 63.9 Å². The maximum atomic E-state index is 12.1. The number of amides is 2. The van der Waals surface area contributed by atoms with Gasteiger partial charge in [-0.15, -0.1) is 0 Å². The number of ether oxygens (including phenoxy) is 8. The van der Waals surface area contributed by atoms with Gasteiger partial charge in [-0.3, -0.25) is 20.0 Å². The zero-order valence-corrected chi connectivity index (χ0v) is 55.6. The maximum absolute atomic E-state index is 12.1. The summed E-state index contributed by atoms with van der Waals surface area (Å²) >= 11 is 0. The lowest BCUT2D eigenvalue weighted by Crippen LogP contribution is -2.45. The van der Waals surface area contributed by atoms with Crippen LogP contribution in [0.15, 0.2) is 206 Å². The fourth-order valence-electron chi connectivity index (χ4n) is 10.6. The SMILES string of the molecule is CO.N[C@@H]1C[C@H](OCCO)[C@@H](O)[C@H]1O.O=C(CN1O[C@@H]2C=C[C@H]1C2)c1ccccc1.O=C(OCc1ccccc1)N(O)[C@@H]1C[C@H](OCCOCc2ccccc2)[C@@H](O)[C@H]1O.O=C(OCc1ccccc1)N(O)[C@H]1C=C[C@@H](OCCOCc2ccccc2)C1.OCCOCc1ccccc1. The highest BCUT2D eigenvalue weighted by atomic mass is 16.7. The van der Waals surface area contributed by atoms with Crippen LogP contribution < -0.4 is 5.73 Å². The van der Waals surface area contributed by atoms with Gasteiger partial charge in [-0.2, -0.15) is 15.2 Å². The van der Waals surface area contributed by atoms with Gasteiger partial charge in [0.1, 0.15) is 31.5 Å². The number of rotatable bonds is 28. The van der Waals surface area contributed by atoms with Crippen LogP contribution in [0.25, 0.3) is 0 Å². The van der Waals surface area contributed by atoms with Crippen LogP contribution in [0.2, 0.25) is 0 Å². The molecule has 2 saturated carbocycles. The molecule has 99 heavy (non-hydrogen) atoms. The van der Waals surface area contributed by atoms with Gasteiger partial charge in [-0.05, 0) is 34.2 Å². The molecule has 0 radical (unpaired) electrons. The molecule has 25 nitrogen and oxygen atoms in total. The Morgan fingerprint density at radius 1 is 0.465 bits per heavy atom. The Bertz CT molecular complexity index is 3190. The van der Waals surface area contributed by atoms with Gasteiger partial charge >= 0.3 is 12.2 Å². The van der Waals surface area contributed by atoms with Crippen molar-refractivity contribution in [1.29, 1.82) is 0 Å². The number of fused-ring (bicyclic) bond motifs is 2. The fourth-order valence-corrected chi connectivity index (χ4v) is 10.6. The molecule has 1 heterocycles. The monoisotopic (exact) mass is 1380 g/mol. The van der Waals surface area contributed by atoms with Crippen molar-refractivity contribution in [3.63, 3.8) is 0 Å². The molecule has 0 spiro atoms. The standard InChI is InChI=1S/C22H27NO7.C22H25NO5.C13H13NO2.C9H12O2.C7H15NO4.CH4O/c24-20-18(23(27)22(26)30-15-17-9-5-2-6-10-17)13-19(21(20)25)29-12-11-28-14-16-7-3-1-4-8-16;24-22(28-17-19-9-5-2-6-10-19)23(25)20-11-12-21(15-20)27-14-13-26-16-18-7-3-1-4-8-18;15-13(10-4-2-1-3-5-10)9-14-11-6-7-12(8-11)16-14;10-6-7-11-8-9-4-2-1-3-5-9;8-4-3-5(12-2-1-9)7(11)6(4)10;1-2/h1-10,18-21,24-25,27H,11-15H2;1-12,20-21,25H,13-17H2;1-7,11-12H,8-9H2;1-5,10H,6-8H2;4-7,9-11H,1-3,8H2;2H,1H3/t18-,19+,20+,21-;20-,21+;11-,12+;;4-,5+,6+,7-;/m100.1./s1. The Balaban J connectivity index is 0.000000204. The van der Waals surface area contributed by atoms with E-state index >= 15 is 0 Å². The zero-order chi connectivity index (χ0) is 71.0. The predicted molar refractivity (Wildman–Crippen MR) is 363 cm³/mol. The molecule has 1 saturated heterocycles. The highest BCUT2D eigenvalue weighted by Gasteiger charge is 2.47. The summed E-state index contributed by atoms with van der Waals surface area (Å²) < 4.78 is 42.8. The fraction of sp³-hybridized carbons (Fsp3) is 0.419. The Labute approximate surface area is 577 Å². The van der Waals surface area contributed by atoms with Gasteiger partial charge in [-0.25, -0.2) is 9.59 Å². The highest BCUT2D eigenvalue weighted by molar-refractivity contribution is 5.97. The van der Waals surface area contributed by atoms with Crippen LogP contribution in [0.5, 0.6) is 0 Å². The largest absolute Gasteiger partial charge is 0.443 e. The number of ketones is 1. The van der Waals surface area contributed by atoms with Crippen molar-refractivity contribution >= 4 is 18.0 Å².